The topological polar surface area (TPSA) is 59.5 Å². The lowest BCUT2D eigenvalue weighted by molar-refractivity contribution is 0.0996. The third kappa shape index (κ3) is 2.78. The molecule has 0 aliphatic heterocycles. The van der Waals surface area contributed by atoms with Crippen molar-refractivity contribution < 1.29 is 13.6 Å². The molecule has 0 bridgehead atoms. The summed E-state index contributed by atoms with van der Waals surface area (Å²) < 4.78 is 20.2. The van der Waals surface area contributed by atoms with Gasteiger partial charge in [-0.25, -0.2) is 9.37 Å². The molecule has 0 saturated carbocycles. The number of fused-ring (bicyclic) bond motifs is 1. The van der Waals surface area contributed by atoms with Crippen LogP contribution in [0.25, 0.3) is 16.9 Å². The van der Waals surface area contributed by atoms with E-state index in [2.05, 4.69) is 10.3 Å². The number of benzene rings is 1. The molecular weight excluding hydrogens is 321 g/mol. The monoisotopic (exact) mass is 335 g/mol. The molecule has 1 N–H and O–H groups in total. The minimum Gasteiger partial charge on any atom is -0.459 e. The van der Waals surface area contributed by atoms with Gasteiger partial charge in [0.05, 0.1) is 6.26 Å². The van der Waals surface area contributed by atoms with E-state index in [0.29, 0.717) is 22.7 Å². The molecule has 0 atom stereocenters. The standard InChI is InChI=1S/C19H14FN3O2/c1-12-8-9-23-16(11-12)21-17(13-4-6-14(20)7-5-13)18(23)22-19(24)15-3-2-10-25-15/h2-11H,1H3,(H,22,24). The number of anilines is 1. The molecule has 0 radical (unpaired) electrons. The van der Waals surface area contributed by atoms with E-state index in [1.165, 1.54) is 18.4 Å². The zero-order valence-corrected chi connectivity index (χ0v) is 13.4. The second-order valence-electron chi connectivity index (χ2n) is 5.68. The molecule has 4 rings (SSSR count). The van der Waals surface area contributed by atoms with Crippen LogP contribution in [-0.4, -0.2) is 15.3 Å². The molecule has 0 spiro atoms. The van der Waals surface area contributed by atoms with Gasteiger partial charge in [-0.3, -0.25) is 9.20 Å². The molecule has 0 fully saturated rings. The summed E-state index contributed by atoms with van der Waals surface area (Å²) in [6.45, 7) is 1.97. The summed E-state index contributed by atoms with van der Waals surface area (Å²) >= 11 is 0. The number of carbonyl (C=O) groups is 1. The summed E-state index contributed by atoms with van der Waals surface area (Å²) in [5, 5.41) is 2.84. The molecule has 0 aliphatic carbocycles. The SMILES string of the molecule is Cc1ccn2c(NC(=O)c3ccco3)c(-c3ccc(F)cc3)nc2c1. The minimum atomic E-state index is -0.379. The zero-order valence-electron chi connectivity index (χ0n) is 13.4. The first-order chi connectivity index (χ1) is 12.1. The minimum absolute atomic E-state index is 0.201. The number of hydrogen-bond donors (Lipinski definition) is 1. The van der Waals surface area contributed by atoms with Crippen LogP contribution in [0.4, 0.5) is 10.2 Å². The molecule has 25 heavy (non-hydrogen) atoms. The van der Waals surface area contributed by atoms with Crippen molar-refractivity contribution in [2.45, 2.75) is 6.92 Å². The van der Waals surface area contributed by atoms with Gasteiger partial charge in [-0.05, 0) is 61.0 Å². The van der Waals surface area contributed by atoms with E-state index < -0.39 is 0 Å². The Labute approximate surface area is 142 Å². The lowest BCUT2D eigenvalue weighted by Crippen LogP contribution is -2.13. The number of pyridine rings is 1. The molecule has 0 aliphatic rings. The fourth-order valence-corrected chi connectivity index (χ4v) is 2.65. The maximum Gasteiger partial charge on any atom is 0.292 e. The maximum absolute atomic E-state index is 13.2. The van der Waals surface area contributed by atoms with Crippen molar-refractivity contribution in [1.29, 1.82) is 0 Å². The van der Waals surface area contributed by atoms with Crippen LogP contribution in [0.5, 0.6) is 0 Å². The van der Waals surface area contributed by atoms with Crippen LogP contribution < -0.4 is 5.32 Å². The average Bonchev–Trinajstić information content (AvgIpc) is 3.24. The van der Waals surface area contributed by atoms with Gasteiger partial charge in [-0.15, -0.1) is 0 Å². The number of aryl methyl sites for hydroxylation is 1. The van der Waals surface area contributed by atoms with E-state index in [4.69, 9.17) is 4.42 Å². The fraction of sp³-hybridized carbons (Fsp3) is 0.0526. The van der Waals surface area contributed by atoms with Crippen LogP contribution in [0.15, 0.2) is 65.4 Å². The van der Waals surface area contributed by atoms with Crippen LogP contribution in [-0.2, 0) is 0 Å². The van der Waals surface area contributed by atoms with E-state index in [1.54, 1.807) is 28.7 Å². The number of furan rings is 1. The van der Waals surface area contributed by atoms with Gasteiger partial charge in [-0.2, -0.15) is 0 Å². The Balaban J connectivity index is 1.86. The quantitative estimate of drug-likeness (QED) is 0.607. The van der Waals surface area contributed by atoms with Crippen molar-refractivity contribution in [2.75, 3.05) is 5.32 Å². The molecule has 0 saturated heterocycles. The maximum atomic E-state index is 13.2. The number of hydrogen-bond acceptors (Lipinski definition) is 3. The summed E-state index contributed by atoms with van der Waals surface area (Å²) in [6.07, 6.45) is 3.27. The number of nitrogens with zero attached hydrogens (tertiary/aromatic N) is 2. The van der Waals surface area contributed by atoms with Crippen molar-refractivity contribution in [2.24, 2.45) is 0 Å². The molecule has 4 aromatic rings. The summed E-state index contributed by atoms with van der Waals surface area (Å²) in [4.78, 5) is 17.0. The number of nitrogens with one attached hydrogen (secondary N) is 1. The Morgan fingerprint density at radius 2 is 2.00 bits per heavy atom. The predicted molar refractivity (Wildman–Crippen MR) is 92.0 cm³/mol. The van der Waals surface area contributed by atoms with Crippen molar-refractivity contribution in [3.8, 4) is 11.3 Å². The number of aromatic nitrogens is 2. The Morgan fingerprint density at radius 3 is 2.72 bits per heavy atom. The molecule has 3 heterocycles. The third-order valence-electron chi connectivity index (χ3n) is 3.88. The Bertz CT molecular complexity index is 1050. The Morgan fingerprint density at radius 1 is 1.20 bits per heavy atom. The van der Waals surface area contributed by atoms with Gasteiger partial charge in [0, 0.05) is 11.8 Å². The Hall–Kier alpha value is -3.41. The second kappa shape index (κ2) is 5.90. The van der Waals surface area contributed by atoms with Crippen molar-refractivity contribution in [3.63, 3.8) is 0 Å². The normalized spacial score (nSPS) is 11.0. The van der Waals surface area contributed by atoms with Gasteiger partial charge in [0.25, 0.3) is 5.91 Å². The van der Waals surface area contributed by atoms with Gasteiger partial charge in [-0.1, -0.05) is 0 Å². The molecule has 1 aromatic carbocycles. The van der Waals surface area contributed by atoms with Crippen molar-refractivity contribution in [1.82, 2.24) is 9.38 Å². The number of halogens is 1. The summed E-state index contributed by atoms with van der Waals surface area (Å²) in [5.74, 6) is -0.00427. The first-order valence-electron chi connectivity index (χ1n) is 7.71. The van der Waals surface area contributed by atoms with Crippen LogP contribution in [0.2, 0.25) is 0 Å². The molecule has 3 aromatic heterocycles. The second-order valence-corrected chi connectivity index (χ2v) is 5.68. The van der Waals surface area contributed by atoms with Crippen LogP contribution in [0, 0.1) is 12.7 Å². The van der Waals surface area contributed by atoms with Gasteiger partial charge >= 0.3 is 0 Å². The number of amides is 1. The number of carbonyl (C=O) groups excluding carboxylic acids is 1. The number of rotatable bonds is 3. The van der Waals surface area contributed by atoms with E-state index in [0.717, 1.165) is 5.56 Å². The highest BCUT2D eigenvalue weighted by Crippen LogP contribution is 2.29. The highest BCUT2D eigenvalue weighted by molar-refractivity contribution is 6.04. The molecule has 5 nitrogen and oxygen atoms in total. The van der Waals surface area contributed by atoms with Crippen molar-refractivity contribution in [3.05, 3.63) is 78.1 Å². The lowest BCUT2D eigenvalue weighted by Gasteiger charge is -2.07. The van der Waals surface area contributed by atoms with Crippen LogP contribution in [0.1, 0.15) is 16.1 Å². The molecule has 1 amide bonds. The smallest absolute Gasteiger partial charge is 0.292 e. The third-order valence-corrected chi connectivity index (χ3v) is 3.88. The van der Waals surface area contributed by atoms with Crippen molar-refractivity contribution >= 4 is 17.4 Å². The summed E-state index contributed by atoms with van der Waals surface area (Å²) in [6, 6.07) is 13.1. The fourth-order valence-electron chi connectivity index (χ4n) is 2.65. The predicted octanol–water partition coefficient (Wildman–Crippen LogP) is 4.29. The summed E-state index contributed by atoms with van der Waals surface area (Å²) in [7, 11) is 0. The highest BCUT2D eigenvalue weighted by atomic mass is 19.1. The summed E-state index contributed by atoms with van der Waals surface area (Å²) in [5.41, 5.74) is 3.00. The first kappa shape index (κ1) is 15.1. The molecule has 124 valence electrons. The van der Waals surface area contributed by atoms with Gasteiger partial charge < -0.3 is 9.73 Å². The molecule has 6 heteroatoms. The van der Waals surface area contributed by atoms with E-state index >= 15 is 0 Å². The van der Waals surface area contributed by atoms with Gasteiger partial charge in [0.1, 0.15) is 23.0 Å². The molecular formula is C19H14FN3O2. The van der Waals surface area contributed by atoms with E-state index in [-0.39, 0.29) is 17.5 Å². The number of imidazole rings is 1. The highest BCUT2D eigenvalue weighted by Gasteiger charge is 2.18. The van der Waals surface area contributed by atoms with Crippen LogP contribution in [0.3, 0.4) is 0 Å². The lowest BCUT2D eigenvalue weighted by atomic mass is 10.1. The van der Waals surface area contributed by atoms with Gasteiger partial charge in [0.2, 0.25) is 0 Å². The van der Waals surface area contributed by atoms with E-state index in [9.17, 15) is 9.18 Å². The zero-order chi connectivity index (χ0) is 17.4. The van der Waals surface area contributed by atoms with Gasteiger partial charge in [0.15, 0.2) is 5.76 Å². The first-order valence-corrected chi connectivity index (χ1v) is 7.71. The molecule has 0 unspecified atom stereocenters. The average molecular weight is 335 g/mol. The van der Waals surface area contributed by atoms with Crippen LogP contribution >= 0.6 is 0 Å². The van der Waals surface area contributed by atoms with E-state index in [1.807, 2.05) is 25.3 Å². The largest absolute Gasteiger partial charge is 0.459 e. The Kier molecular flexibility index (Phi) is 3.57.